The van der Waals surface area contributed by atoms with Crippen LogP contribution in [0.2, 0.25) is 0 Å². The Morgan fingerprint density at radius 1 is 1.23 bits per heavy atom. The van der Waals surface area contributed by atoms with Crippen molar-refractivity contribution in [2.45, 2.75) is 25.3 Å². The summed E-state index contributed by atoms with van der Waals surface area (Å²) in [7, 11) is 2.10. The summed E-state index contributed by atoms with van der Waals surface area (Å²) < 4.78 is 0. The van der Waals surface area contributed by atoms with Gasteiger partial charge in [0.25, 0.3) is 5.91 Å². The fourth-order valence-electron chi connectivity index (χ4n) is 4.22. The molecule has 10 heteroatoms. The molecule has 1 fully saturated rings. The highest BCUT2D eigenvalue weighted by Crippen LogP contribution is 2.38. The van der Waals surface area contributed by atoms with E-state index in [1.54, 1.807) is 0 Å². The number of fused-ring (bicyclic) bond motifs is 2. The number of hydrogen-bond acceptors (Lipinski definition) is 8. The highest BCUT2D eigenvalue weighted by atomic mass is 32.1. The SMILES string of the molecule is CN1CCC(NC(=O)c2nc3c(N4CCc5cc(NC=O)ccc54)ncnc3s2)CC1. The molecule has 0 aliphatic carbocycles. The smallest absolute Gasteiger partial charge is 0.280 e. The van der Waals surface area contributed by atoms with E-state index >= 15 is 0 Å². The quantitative estimate of drug-likeness (QED) is 0.590. The number of thiazole rings is 1. The molecule has 0 unspecified atom stereocenters. The first kappa shape index (κ1) is 19.8. The molecule has 0 spiro atoms. The average Bonchev–Trinajstić information content (AvgIpc) is 3.39. The van der Waals surface area contributed by atoms with Crippen LogP contribution >= 0.6 is 11.3 Å². The molecular weight excluding hydrogens is 414 g/mol. The van der Waals surface area contributed by atoms with Crippen LogP contribution in [0.5, 0.6) is 0 Å². The fourth-order valence-corrected chi connectivity index (χ4v) is 5.02. The van der Waals surface area contributed by atoms with Crippen LogP contribution in [-0.2, 0) is 11.2 Å². The van der Waals surface area contributed by atoms with Crippen molar-refractivity contribution in [3.8, 4) is 0 Å². The molecule has 3 aromatic rings. The van der Waals surface area contributed by atoms with E-state index in [9.17, 15) is 9.59 Å². The first-order chi connectivity index (χ1) is 15.1. The van der Waals surface area contributed by atoms with Gasteiger partial charge in [-0.15, -0.1) is 0 Å². The molecule has 0 radical (unpaired) electrons. The fraction of sp³-hybridized carbons (Fsp3) is 0.381. The lowest BCUT2D eigenvalue weighted by molar-refractivity contribution is -0.105. The van der Waals surface area contributed by atoms with Crippen molar-refractivity contribution in [2.75, 3.05) is 36.9 Å². The molecule has 31 heavy (non-hydrogen) atoms. The standard InChI is InChI=1S/C21H23N7O2S/c1-27-7-5-14(6-8-27)25-19(30)21-26-17-18(22-11-23-20(17)31-21)28-9-4-13-10-15(24-12-29)2-3-16(13)28/h2-3,10-12,14H,4-9H2,1H3,(H,24,29)(H,25,30). The van der Waals surface area contributed by atoms with Crippen LogP contribution in [-0.4, -0.2) is 64.9 Å². The molecule has 5 rings (SSSR count). The number of amides is 2. The zero-order valence-corrected chi connectivity index (χ0v) is 18.0. The van der Waals surface area contributed by atoms with E-state index in [1.165, 1.54) is 17.7 Å². The van der Waals surface area contributed by atoms with Crippen LogP contribution in [0.25, 0.3) is 10.3 Å². The molecule has 160 valence electrons. The first-order valence-corrected chi connectivity index (χ1v) is 11.2. The van der Waals surface area contributed by atoms with Gasteiger partial charge < -0.3 is 20.4 Å². The molecular formula is C21H23N7O2S. The number of carbonyl (C=O) groups is 2. The summed E-state index contributed by atoms with van der Waals surface area (Å²) in [4.78, 5) is 42.1. The summed E-state index contributed by atoms with van der Waals surface area (Å²) in [5, 5.41) is 6.23. The second-order valence-corrected chi connectivity index (χ2v) is 8.91. The van der Waals surface area contributed by atoms with Gasteiger partial charge in [-0.25, -0.2) is 15.0 Å². The summed E-state index contributed by atoms with van der Waals surface area (Å²) >= 11 is 1.30. The number of rotatable bonds is 5. The van der Waals surface area contributed by atoms with Crippen molar-refractivity contribution in [3.63, 3.8) is 0 Å². The van der Waals surface area contributed by atoms with E-state index < -0.39 is 0 Å². The van der Waals surface area contributed by atoms with Gasteiger partial charge in [0.05, 0.1) is 0 Å². The molecule has 2 amide bonds. The molecule has 9 nitrogen and oxygen atoms in total. The van der Waals surface area contributed by atoms with Crippen molar-refractivity contribution in [1.29, 1.82) is 0 Å². The Balaban J connectivity index is 1.41. The number of piperidine rings is 1. The van der Waals surface area contributed by atoms with Gasteiger partial charge in [0.15, 0.2) is 10.8 Å². The van der Waals surface area contributed by atoms with Crippen LogP contribution in [0.1, 0.15) is 28.2 Å². The number of nitrogens with one attached hydrogen (secondary N) is 2. The molecule has 2 aliphatic rings. The number of anilines is 3. The number of hydrogen-bond donors (Lipinski definition) is 2. The molecule has 1 saturated heterocycles. The van der Waals surface area contributed by atoms with Crippen LogP contribution < -0.4 is 15.5 Å². The van der Waals surface area contributed by atoms with Crippen molar-refractivity contribution < 1.29 is 9.59 Å². The Morgan fingerprint density at radius 3 is 2.87 bits per heavy atom. The van der Waals surface area contributed by atoms with Crippen LogP contribution in [0.4, 0.5) is 17.2 Å². The van der Waals surface area contributed by atoms with E-state index in [0.29, 0.717) is 27.6 Å². The van der Waals surface area contributed by atoms with Gasteiger partial charge >= 0.3 is 0 Å². The lowest BCUT2D eigenvalue weighted by Gasteiger charge is -2.29. The van der Waals surface area contributed by atoms with E-state index in [2.05, 4.69) is 42.4 Å². The molecule has 2 aliphatic heterocycles. The zero-order valence-electron chi connectivity index (χ0n) is 17.2. The minimum Gasteiger partial charge on any atom is -0.347 e. The summed E-state index contributed by atoms with van der Waals surface area (Å²) in [6, 6.07) is 6.00. The van der Waals surface area contributed by atoms with E-state index in [-0.39, 0.29) is 11.9 Å². The summed E-state index contributed by atoms with van der Waals surface area (Å²) in [6.07, 6.45) is 4.93. The maximum absolute atomic E-state index is 12.8. The molecule has 0 saturated carbocycles. The average molecular weight is 438 g/mol. The zero-order chi connectivity index (χ0) is 21.4. The topological polar surface area (TPSA) is 103 Å². The number of likely N-dealkylation sites (tertiary alicyclic amines) is 1. The number of aromatic nitrogens is 3. The van der Waals surface area contributed by atoms with E-state index in [0.717, 1.165) is 55.8 Å². The summed E-state index contributed by atoms with van der Waals surface area (Å²) in [6.45, 7) is 2.72. The Bertz CT molecular complexity index is 1140. The van der Waals surface area contributed by atoms with Gasteiger partial charge in [-0.05, 0) is 63.2 Å². The highest BCUT2D eigenvalue weighted by Gasteiger charge is 2.27. The number of benzene rings is 1. The lowest BCUT2D eigenvalue weighted by Crippen LogP contribution is -2.43. The van der Waals surface area contributed by atoms with Crippen molar-refractivity contribution in [3.05, 3.63) is 35.1 Å². The van der Waals surface area contributed by atoms with Crippen molar-refractivity contribution >= 4 is 51.2 Å². The van der Waals surface area contributed by atoms with Gasteiger partial charge in [-0.2, -0.15) is 0 Å². The molecule has 2 N–H and O–H groups in total. The molecule has 0 bridgehead atoms. The molecule has 4 heterocycles. The Kier molecular flexibility index (Phi) is 5.24. The van der Waals surface area contributed by atoms with Gasteiger partial charge in [0, 0.05) is 24.0 Å². The number of carbonyl (C=O) groups excluding carboxylic acids is 2. The second kappa shape index (κ2) is 8.20. The van der Waals surface area contributed by atoms with Crippen molar-refractivity contribution in [1.82, 2.24) is 25.2 Å². The Morgan fingerprint density at radius 2 is 2.06 bits per heavy atom. The minimum absolute atomic E-state index is 0.144. The van der Waals surface area contributed by atoms with Gasteiger partial charge in [0.1, 0.15) is 16.7 Å². The van der Waals surface area contributed by atoms with Crippen molar-refractivity contribution in [2.24, 2.45) is 0 Å². The normalized spacial score (nSPS) is 17.0. The highest BCUT2D eigenvalue weighted by molar-refractivity contribution is 7.20. The monoisotopic (exact) mass is 437 g/mol. The largest absolute Gasteiger partial charge is 0.347 e. The van der Waals surface area contributed by atoms with Gasteiger partial charge in [-0.3, -0.25) is 9.59 Å². The third kappa shape index (κ3) is 3.84. The van der Waals surface area contributed by atoms with Gasteiger partial charge in [0.2, 0.25) is 6.41 Å². The predicted molar refractivity (Wildman–Crippen MR) is 120 cm³/mol. The first-order valence-electron chi connectivity index (χ1n) is 10.3. The maximum Gasteiger partial charge on any atom is 0.280 e. The van der Waals surface area contributed by atoms with E-state index in [4.69, 9.17) is 0 Å². The third-order valence-corrected chi connectivity index (χ3v) is 6.84. The third-order valence-electron chi connectivity index (χ3n) is 5.88. The second-order valence-electron chi connectivity index (χ2n) is 7.93. The summed E-state index contributed by atoms with van der Waals surface area (Å²) in [5.41, 5.74) is 3.57. The molecule has 0 atom stereocenters. The van der Waals surface area contributed by atoms with Crippen LogP contribution in [0, 0.1) is 0 Å². The Hall–Kier alpha value is -3.11. The minimum atomic E-state index is -0.144. The predicted octanol–water partition coefficient (Wildman–Crippen LogP) is 2.17. The maximum atomic E-state index is 12.8. The molecule has 1 aromatic carbocycles. The summed E-state index contributed by atoms with van der Waals surface area (Å²) in [5.74, 6) is 0.560. The number of nitrogens with zero attached hydrogens (tertiary/aromatic N) is 5. The Labute approximate surface area is 183 Å². The van der Waals surface area contributed by atoms with Gasteiger partial charge in [-0.1, -0.05) is 11.3 Å². The van der Waals surface area contributed by atoms with E-state index in [1.807, 2.05) is 18.2 Å². The molecule has 2 aromatic heterocycles. The lowest BCUT2D eigenvalue weighted by atomic mass is 10.1. The van der Waals surface area contributed by atoms with Crippen LogP contribution in [0.15, 0.2) is 24.5 Å². The van der Waals surface area contributed by atoms with Crippen LogP contribution in [0.3, 0.4) is 0 Å².